The molecule has 46 heavy (non-hydrogen) atoms. The summed E-state index contributed by atoms with van der Waals surface area (Å²) in [6.07, 6.45) is -10.8. The predicted octanol–water partition coefficient (Wildman–Crippen LogP) is 9.11. The number of pyridine rings is 1. The Kier molecular flexibility index (Phi) is 9.35. The van der Waals surface area contributed by atoms with Gasteiger partial charge in [-0.05, 0) is 68.4 Å². The van der Waals surface area contributed by atoms with E-state index >= 15 is 0 Å². The van der Waals surface area contributed by atoms with E-state index in [0.717, 1.165) is 37.0 Å². The molecule has 2 aliphatic heterocycles. The second-order valence-corrected chi connectivity index (χ2v) is 12.3. The van der Waals surface area contributed by atoms with Gasteiger partial charge in [0.15, 0.2) is 0 Å². The first-order valence-corrected chi connectivity index (χ1v) is 15.3. The topological polar surface area (TPSA) is 57.7 Å². The molecular weight excluding hydrogens is 631 g/mol. The number of nitrogens with one attached hydrogen (secondary N) is 1. The number of benzene rings is 1. The molecule has 2 aromatic rings. The maximum Gasteiger partial charge on any atom is 0.416 e. The summed E-state index contributed by atoms with van der Waals surface area (Å²) in [7, 11) is 0. The third-order valence-electron chi connectivity index (χ3n) is 9.34. The molecule has 254 valence electrons. The van der Waals surface area contributed by atoms with E-state index < -0.39 is 59.5 Å². The van der Waals surface area contributed by atoms with Crippen molar-refractivity contribution in [1.29, 1.82) is 0 Å². The van der Waals surface area contributed by atoms with Gasteiger partial charge in [0.2, 0.25) is 0 Å². The highest BCUT2D eigenvalue weighted by Gasteiger charge is 2.47. The fraction of sp³-hybridized carbons (Fsp3) is 0.613. The number of halogens is 9. The molecule has 3 aliphatic rings. The number of ether oxygens (including phenoxy) is 1. The first-order chi connectivity index (χ1) is 21.5. The molecular formula is C31H35F9N4O2. The zero-order valence-electron chi connectivity index (χ0n) is 25.2. The second-order valence-electron chi connectivity index (χ2n) is 12.3. The molecule has 2 saturated heterocycles. The van der Waals surface area contributed by atoms with Gasteiger partial charge in [-0.25, -0.2) is 9.78 Å². The van der Waals surface area contributed by atoms with Crippen LogP contribution < -0.4 is 10.2 Å². The lowest BCUT2D eigenvalue weighted by molar-refractivity contribution is -0.146. The Morgan fingerprint density at radius 3 is 2.17 bits per heavy atom. The molecule has 1 aliphatic carbocycles. The van der Waals surface area contributed by atoms with Crippen LogP contribution in [0.25, 0.3) is 0 Å². The van der Waals surface area contributed by atoms with Gasteiger partial charge in [0, 0.05) is 18.2 Å². The van der Waals surface area contributed by atoms with E-state index in [4.69, 9.17) is 4.74 Å². The Morgan fingerprint density at radius 2 is 1.57 bits per heavy atom. The minimum Gasteiger partial charge on any atom is -0.439 e. The minimum absolute atomic E-state index is 0.000778. The molecule has 3 unspecified atom stereocenters. The third kappa shape index (κ3) is 7.12. The first kappa shape index (κ1) is 34.0. The molecule has 1 aromatic heterocycles. The van der Waals surface area contributed by atoms with Crippen molar-refractivity contribution >= 4 is 17.6 Å². The average molecular weight is 667 g/mol. The monoisotopic (exact) mass is 666 g/mol. The molecule has 1 N–H and O–H groups in total. The van der Waals surface area contributed by atoms with E-state index in [0.29, 0.717) is 35.9 Å². The number of hydrogen-bond donors (Lipinski definition) is 1. The van der Waals surface area contributed by atoms with Crippen LogP contribution in [0.4, 0.5) is 55.8 Å². The van der Waals surface area contributed by atoms with Crippen LogP contribution in [0.3, 0.4) is 0 Å². The first-order valence-electron chi connectivity index (χ1n) is 15.3. The highest BCUT2D eigenvalue weighted by Crippen LogP contribution is 2.42. The Morgan fingerprint density at radius 1 is 0.913 bits per heavy atom. The van der Waals surface area contributed by atoms with Gasteiger partial charge in [0.25, 0.3) is 0 Å². The van der Waals surface area contributed by atoms with E-state index in [9.17, 15) is 44.3 Å². The van der Waals surface area contributed by atoms with Gasteiger partial charge in [-0.1, -0.05) is 26.2 Å². The van der Waals surface area contributed by atoms with Crippen molar-refractivity contribution in [2.45, 2.75) is 108 Å². The second kappa shape index (κ2) is 12.7. The number of amides is 1. The Hall–Kier alpha value is -3.39. The van der Waals surface area contributed by atoms with Crippen LogP contribution in [0.2, 0.25) is 0 Å². The van der Waals surface area contributed by atoms with Crippen molar-refractivity contribution in [3.8, 4) is 0 Å². The van der Waals surface area contributed by atoms with E-state index in [1.165, 1.54) is 24.1 Å². The summed E-state index contributed by atoms with van der Waals surface area (Å²) in [6.45, 7) is 3.38. The number of carbonyl (C=O) groups is 1. The maximum absolute atomic E-state index is 13.8. The van der Waals surface area contributed by atoms with Crippen LogP contribution in [-0.2, 0) is 23.6 Å². The van der Waals surface area contributed by atoms with Gasteiger partial charge in [-0.3, -0.25) is 4.90 Å². The van der Waals surface area contributed by atoms with E-state index in [2.05, 4.69) is 17.2 Å². The van der Waals surface area contributed by atoms with Crippen molar-refractivity contribution in [3.63, 3.8) is 0 Å². The van der Waals surface area contributed by atoms with Crippen LogP contribution >= 0.6 is 0 Å². The van der Waals surface area contributed by atoms with Crippen LogP contribution in [0.15, 0.2) is 30.5 Å². The number of aromatic nitrogens is 1. The van der Waals surface area contributed by atoms with Crippen LogP contribution in [0, 0.1) is 5.92 Å². The number of rotatable bonds is 7. The molecule has 1 amide bonds. The molecule has 0 spiro atoms. The third-order valence-corrected chi connectivity index (χ3v) is 9.34. The number of alkyl halides is 9. The van der Waals surface area contributed by atoms with Crippen molar-refractivity contribution in [3.05, 3.63) is 52.7 Å². The number of carbonyl (C=O) groups excluding carboxylic acids is 1. The Bertz CT molecular complexity index is 1380. The lowest BCUT2D eigenvalue weighted by atomic mass is 9.83. The van der Waals surface area contributed by atoms with Gasteiger partial charge in [-0.15, -0.1) is 0 Å². The Balaban J connectivity index is 1.49. The summed E-state index contributed by atoms with van der Waals surface area (Å²) >= 11 is 0. The highest BCUT2D eigenvalue weighted by atomic mass is 19.4. The molecule has 5 rings (SSSR count). The standard InChI is InChI=1S/C31H35F9N4O2/c1-3-18-7-4-5-8-24(18)42-27-20(13-23(15-41-27)43-10-6-9-25(43)31(38,39)40)16-44-17(2)26(46-28(44)45)19-11-21(29(32,33)34)14-22(12-19)30(35,36)37/h11-15,17-18,24-26H,3-10,16H2,1-2H3,(H,41,42)/t17-,18?,24?,25?,26-/m0/s1. The fourth-order valence-corrected chi connectivity index (χ4v) is 6.87. The van der Waals surface area contributed by atoms with E-state index in [1.54, 1.807) is 0 Å². The summed E-state index contributed by atoms with van der Waals surface area (Å²) in [5.74, 6) is 0.666. The molecule has 15 heteroatoms. The number of cyclic esters (lactones) is 1. The summed E-state index contributed by atoms with van der Waals surface area (Å²) in [5.41, 5.74) is -3.00. The molecule has 6 nitrogen and oxygen atoms in total. The zero-order valence-corrected chi connectivity index (χ0v) is 25.2. The van der Waals surface area contributed by atoms with Gasteiger partial charge < -0.3 is 15.0 Å². The highest BCUT2D eigenvalue weighted by molar-refractivity contribution is 5.72. The lowest BCUT2D eigenvalue weighted by Gasteiger charge is -2.33. The van der Waals surface area contributed by atoms with Crippen molar-refractivity contribution in [2.24, 2.45) is 5.92 Å². The SMILES string of the molecule is CCC1CCCCC1Nc1ncc(N2CCCC2C(F)(F)F)cc1CN1C(=O)O[C@H](c2cc(C(F)(F)F)cc(C(F)(F)F)c2)[C@@H]1C. The summed E-state index contributed by atoms with van der Waals surface area (Å²) < 4.78 is 128. The van der Waals surface area contributed by atoms with Crippen molar-refractivity contribution in [1.82, 2.24) is 9.88 Å². The molecule has 1 saturated carbocycles. The number of hydrogen-bond acceptors (Lipinski definition) is 5. The van der Waals surface area contributed by atoms with Gasteiger partial charge in [0.1, 0.15) is 18.0 Å². The Labute approximate surface area is 260 Å². The largest absolute Gasteiger partial charge is 0.439 e. The van der Waals surface area contributed by atoms with Crippen LogP contribution in [0.5, 0.6) is 0 Å². The average Bonchev–Trinajstić information content (AvgIpc) is 3.59. The number of anilines is 2. The summed E-state index contributed by atoms with van der Waals surface area (Å²) in [6, 6.07) is -0.148. The van der Waals surface area contributed by atoms with E-state index in [-0.39, 0.29) is 37.3 Å². The molecule has 3 heterocycles. The maximum atomic E-state index is 13.8. The smallest absolute Gasteiger partial charge is 0.416 e. The van der Waals surface area contributed by atoms with Gasteiger partial charge in [-0.2, -0.15) is 39.5 Å². The van der Waals surface area contributed by atoms with Gasteiger partial charge in [0.05, 0.1) is 35.6 Å². The van der Waals surface area contributed by atoms with Crippen LogP contribution in [-0.4, -0.2) is 46.8 Å². The predicted molar refractivity (Wildman–Crippen MR) is 151 cm³/mol. The molecule has 0 bridgehead atoms. The number of nitrogens with zero attached hydrogens (tertiary/aromatic N) is 3. The lowest BCUT2D eigenvalue weighted by Crippen LogP contribution is -2.41. The van der Waals surface area contributed by atoms with E-state index in [1.807, 2.05) is 0 Å². The summed E-state index contributed by atoms with van der Waals surface area (Å²) in [5, 5.41) is 3.42. The normalized spacial score (nSPS) is 26.1. The van der Waals surface area contributed by atoms with Crippen LogP contribution in [0.1, 0.15) is 87.2 Å². The molecule has 1 aromatic carbocycles. The van der Waals surface area contributed by atoms with Gasteiger partial charge >= 0.3 is 24.6 Å². The minimum atomic E-state index is -5.09. The molecule has 5 atom stereocenters. The summed E-state index contributed by atoms with van der Waals surface area (Å²) in [4.78, 5) is 20.0. The zero-order chi connectivity index (χ0) is 33.6. The van der Waals surface area contributed by atoms with Crippen molar-refractivity contribution < 1.29 is 49.0 Å². The molecule has 3 fully saturated rings. The van der Waals surface area contributed by atoms with Crippen molar-refractivity contribution in [2.75, 3.05) is 16.8 Å². The fourth-order valence-electron chi connectivity index (χ4n) is 6.87. The molecule has 0 radical (unpaired) electrons. The quantitative estimate of drug-likeness (QED) is 0.299.